The normalized spacial score (nSPS) is 15.7. The molecule has 0 spiro atoms. The SMILES string of the molecule is Cc1sc2cc(Oc3ccnc4cc(C(=O)N5CCC5)sc34)ccc2c1C(=O)NC1CC1. The summed E-state index contributed by atoms with van der Waals surface area (Å²) in [5, 5.41) is 4.05. The molecule has 0 unspecified atom stereocenters. The number of thiophene rings is 2. The van der Waals surface area contributed by atoms with E-state index in [9.17, 15) is 9.59 Å². The van der Waals surface area contributed by atoms with E-state index in [1.165, 1.54) is 11.3 Å². The highest BCUT2D eigenvalue weighted by atomic mass is 32.1. The number of rotatable bonds is 5. The Hall–Kier alpha value is -2.97. The minimum absolute atomic E-state index is 0.0127. The highest BCUT2D eigenvalue weighted by Crippen LogP contribution is 2.38. The predicted molar refractivity (Wildman–Crippen MR) is 127 cm³/mol. The van der Waals surface area contributed by atoms with Gasteiger partial charge in [0, 0.05) is 46.4 Å². The zero-order chi connectivity index (χ0) is 21.8. The van der Waals surface area contributed by atoms with E-state index >= 15 is 0 Å². The van der Waals surface area contributed by atoms with Gasteiger partial charge in [-0.1, -0.05) is 0 Å². The largest absolute Gasteiger partial charge is 0.456 e. The van der Waals surface area contributed by atoms with Gasteiger partial charge in [0.1, 0.15) is 11.5 Å². The van der Waals surface area contributed by atoms with Crippen LogP contribution in [-0.4, -0.2) is 40.8 Å². The van der Waals surface area contributed by atoms with E-state index < -0.39 is 0 Å². The van der Waals surface area contributed by atoms with Crippen LogP contribution in [0.4, 0.5) is 0 Å². The number of fused-ring (bicyclic) bond motifs is 2. The highest BCUT2D eigenvalue weighted by Gasteiger charge is 2.27. The quantitative estimate of drug-likeness (QED) is 0.433. The summed E-state index contributed by atoms with van der Waals surface area (Å²) in [5.41, 5.74) is 1.53. The van der Waals surface area contributed by atoms with Gasteiger partial charge in [0.2, 0.25) is 0 Å². The molecule has 1 N–H and O–H groups in total. The first-order valence-corrected chi connectivity index (χ1v) is 12.4. The van der Waals surface area contributed by atoms with Crippen LogP contribution in [0.2, 0.25) is 0 Å². The molecule has 2 aliphatic rings. The Bertz CT molecular complexity index is 1380. The number of likely N-dealkylation sites (tertiary alicyclic amines) is 1. The summed E-state index contributed by atoms with van der Waals surface area (Å²) in [7, 11) is 0. The Morgan fingerprint density at radius 2 is 2.00 bits per heavy atom. The molecule has 4 heterocycles. The monoisotopic (exact) mass is 463 g/mol. The summed E-state index contributed by atoms with van der Waals surface area (Å²) in [6.07, 6.45) is 4.91. The van der Waals surface area contributed by atoms with Gasteiger partial charge in [-0.05, 0) is 50.5 Å². The van der Waals surface area contributed by atoms with Crippen molar-refractivity contribution >= 4 is 54.8 Å². The first-order valence-electron chi connectivity index (χ1n) is 10.8. The van der Waals surface area contributed by atoms with Gasteiger partial charge in [-0.3, -0.25) is 14.6 Å². The lowest BCUT2D eigenvalue weighted by Gasteiger charge is -2.30. The van der Waals surface area contributed by atoms with Crippen molar-refractivity contribution in [2.24, 2.45) is 0 Å². The van der Waals surface area contributed by atoms with Gasteiger partial charge in [-0.15, -0.1) is 22.7 Å². The van der Waals surface area contributed by atoms with Crippen molar-refractivity contribution in [3.8, 4) is 11.5 Å². The highest BCUT2D eigenvalue weighted by molar-refractivity contribution is 7.21. The Labute approximate surface area is 192 Å². The molecular formula is C24H21N3O3S2. The topological polar surface area (TPSA) is 71.5 Å². The second-order valence-corrected chi connectivity index (χ2v) is 10.6. The van der Waals surface area contributed by atoms with Crippen LogP contribution >= 0.6 is 22.7 Å². The smallest absolute Gasteiger partial charge is 0.264 e. The van der Waals surface area contributed by atoms with Crippen molar-refractivity contribution in [1.29, 1.82) is 0 Å². The summed E-state index contributed by atoms with van der Waals surface area (Å²) >= 11 is 3.03. The van der Waals surface area contributed by atoms with Crippen LogP contribution in [0.3, 0.4) is 0 Å². The van der Waals surface area contributed by atoms with E-state index in [4.69, 9.17) is 4.74 Å². The summed E-state index contributed by atoms with van der Waals surface area (Å²) in [5.74, 6) is 1.46. The molecule has 6 nitrogen and oxygen atoms in total. The maximum atomic E-state index is 12.7. The Morgan fingerprint density at radius 3 is 2.75 bits per heavy atom. The van der Waals surface area contributed by atoms with Crippen molar-refractivity contribution < 1.29 is 14.3 Å². The first kappa shape index (κ1) is 19.7. The van der Waals surface area contributed by atoms with Gasteiger partial charge in [-0.25, -0.2) is 0 Å². The fourth-order valence-corrected chi connectivity index (χ4v) is 6.06. The molecule has 3 aromatic heterocycles. The van der Waals surface area contributed by atoms with Gasteiger partial charge in [0.15, 0.2) is 0 Å². The van der Waals surface area contributed by atoms with Gasteiger partial charge in [0.05, 0.1) is 20.7 Å². The van der Waals surface area contributed by atoms with Gasteiger partial charge in [0.25, 0.3) is 11.8 Å². The van der Waals surface area contributed by atoms with Crippen molar-refractivity contribution in [3.63, 3.8) is 0 Å². The van der Waals surface area contributed by atoms with Crippen LogP contribution in [0.25, 0.3) is 20.3 Å². The lowest BCUT2D eigenvalue weighted by atomic mass is 10.1. The Morgan fingerprint density at radius 1 is 1.16 bits per heavy atom. The number of amides is 2. The average molecular weight is 464 g/mol. The number of nitrogens with one attached hydrogen (secondary N) is 1. The van der Waals surface area contributed by atoms with Gasteiger partial charge < -0.3 is 15.0 Å². The Kier molecular flexibility index (Phi) is 4.66. The van der Waals surface area contributed by atoms with Crippen LogP contribution in [-0.2, 0) is 0 Å². The number of aryl methyl sites for hydroxylation is 1. The van der Waals surface area contributed by atoms with E-state index in [1.54, 1.807) is 17.5 Å². The van der Waals surface area contributed by atoms with Crippen LogP contribution in [0.1, 0.15) is 44.2 Å². The number of hydrogen-bond donors (Lipinski definition) is 1. The standard InChI is InChI=1S/C24H21N3O3S2/c1-13-21(23(28)26-14-3-4-14)16-6-5-15(11-19(16)31-13)30-18-7-8-25-17-12-20(32-22(17)18)24(29)27-9-2-10-27/h5-8,11-12,14H,2-4,9-10H2,1H3,(H,26,28). The number of carbonyl (C=O) groups excluding carboxylic acids is 2. The third kappa shape index (κ3) is 3.43. The van der Waals surface area contributed by atoms with E-state index in [1.807, 2.05) is 42.2 Å². The maximum absolute atomic E-state index is 12.7. The van der Waals surface area contributed by atoms with Crippen molar-refractivity contribution in [2.45, 2.75) is 32.2 Å². The zero-order valence-corrected chi connectivity index (χ0v) is 19.1. The van der Waals surface area contributed by atoms with Crippen molar-refractivity contribution in [3.05, 3.63) is 51.8 Å². The number of carbonyl (C=O) groups is 2. The van der Waals surface area contributed by atoms with Gasteiger partial charge >= 0.3 is 0 Å². The van der Waals surface area contributed by atoms with Crippen molar-refractivity contribution in [1.82, 2.24) is 15.2 Å². The fourth-order valence-electron chi connectivity index (χ4n) is 3.93. The zero-order valence-electron chi connectivity index (χ0n) is 17.5. The molecule has 2 fully saturated rings. The molecule has 162 valence electrons. The minimum Gasteiger partial charge on any atom is -0.456 e. The average Bonchev–Trinajstić information content (AvgIpc) is 3.31. The Balaban J connectivity index is 1.31. The molecule has 4 aromatic rings. The molecule has 2 amide bonds. The molecule has 6 rings (SSSR count). The van der Waals surface area contributed by atoms with E-state index in [0.29, 0.717) is 22.4 Å². The number of pyridine rings is 1. The third-order valence-corrected chi connectivity index (χ3v) is 8.13. The molecule has 1 saturated heterocycles. The number of aromatic nitrogens is 1. The molecular weight excluding hydrogens is 442 g/mol. The minimum atomic E-state index is 0.0127. The van der Waals surface area contributed by atoms with Crippen LogP contribution in [0.5, 0.6) is 11.5 Å². The molecule has 1 aliphatic heterocycles. The summed E-state index contributed by atoms with van der Waals surface area (Å²) in [4.78, 5) is 33.3. The molecule has 8 heteroatoms. The molecule has 1 aromatic carbocycles. The molecule has 1 aliphatic carbocycles. The van der Waals surface area contributed by atoms with E-state index in [2.05, 4.69) is 10.3 Å². The first-order chi connectivity index (χ1) is 15.6. The number of ether oxygens (including phenoxy) is 1. The molecule has 0 atom stereocenters. The summed E-state index contributed by atoms with van der Waals surface area (Å²) in [6.45, 7) is 3.64. The van der Waals surface area contributed by atoms with E-state index in [0.717, 1.165) is 63.1 Å². The third-order valence-electron chi connectivity index (χ3n) is 5.93. The number of benzene rings is 1. The van der Waals surface area contributed by atoms with Crippen LogP contribution < -0.4 is 10.1 Å². The fraction of sp³-hybridized carbons (Fsp3) is 0.292. The molecule has 32 heavy (non-hydrogen) atoms. The molecule has 0 radical (unpaired) electrons. The van der Waals surface area contributed by atoms with Gasteiger partial charge in [-0.2, -0.15) is 0 Å². The van der Waals surface area contributed by atoms with Crippen LogP contribution in [0, 0.1) is 6.92 Å². The predicted octanol–water partition coefficient (Wildman–Crippen LogP) is 5.35. The number of hydrogen-bond acceptors (Lipinski definition) is 6. The lowest BCUT2D eigenvalue weighted by molar-refractivity contribution is 0.0657. The number of nitrogens with zero attached hydrogens (tertiary/aromatic N) is 2. The molecule has 0 bridgehead atoms. The second kappa shape index (κ2) is 7.56. The maximum Gasteiger partial charge on any atom is 0.264 e. The van der Waals surface area contributed by atoms with Crippen LogP contribution in [0.15, 0.2) is 36.5 Å². The van der Waals surface area contributed by atoms with E-state index in [-0.39, 0.29) is 11.8 Å². The molecule has 1 saturated carbocycles. The second-order valence-electron chi connectivity index (χ2n) is 8.32. The summed E-state index contributed by atoms with van der Waals surface area (Å²) < 4.78 is 8.11. The van der Waals surface area contributed by atoms with Crippen molar-refractivity contribution in [2.75, 3.05) is 13.1 Å². The summed E-state index contributed by atoms with van der Waals surface area (Å²) in [6, 6.07) is 9.85. The lowest BCUT2D eigenvalue weighted by Crippen LogP contribution is -2.41.